The monoisotopic (exact) mass is 688 g/mol. The van der Waals surface area contributed by atoms with E-state index in [2.05, 4.69) is 53.3 Å². The Kier molecular flexibility index (Phi) is 33.4. The van der Waals surface area contributed by atoms with E-state index < -0.39 is 121 Å². The van der Waals surface area contributed by atoms with E-state index in [1.54, 1.807) is 6.08 Å². The van der Waals surface area contributed by atoms with Gasteiger partial charge in [0.15, 0.2) is 13.2 Å². The van der Waals surface area contributed by atoms with Crippen molar-refractivity contribution in [2.45, 2.75) is 31.6 Å². The molecule has 0 rings (SSSR count). The molecule has 0 aliphatic carbocycles. The van der Waals surface area contributed by atoms with E-state index in [9.17, 15) is 0 Å². The molecular weight excluding hydrogens is 665 g/mol. The first-order valence-corrected chi connectivity index (χ1v) is 19.2. The summed E-state index contributed by atoms with van der Waals surface area (Å²) in [6.45, 7) is -0.147. The van der Waals surface area contributed by atoms with E-state index in [1.165, 1.54) is 28.2 Å². The Bertz CT molecular complexity index is 1310. The second-order valence-electron chi connectivity index (χ2n) is 14.6. The van der Waals surface area contributed by atoms with E-state index in [0.717, 1.165) is 0 Å². The molecule has 0 amide bonds. The zero-order valence-corrected chi connectivity index (χ0v) is 34.1. The molecule has 44 radical (unpaired) electrons. The maximum absolute atomic E-state index is 6.59. The molecule has 1 atom stereocenters. The maximum Gasteiger partial charge on any atom is 0.178 e. The summed E-state index contributed by atoms with van der Waals surface area (Å²) in [5.74, 6) is 23.8. The Labute approximate surface area is 397 Å². The molecule has 1 unspecified atom stereocenters. The first-order valence-electron chi connectivity index (χ1n) is 19.2. The van der Waals surface area contributed by atoms with E-state index >= 15 is 0 Å². The molecule has 0 N–H and O–H groups in total. The van der Waals surface area contributed by atoms with Gasteiger partial charge in [-0.1, -0.05) is 18.7 Å². The first kappa shape index (κ1) is 59.5. The van der Waals surface area contributed by atoms with Crippen LogP contribution in [0.2, 0.25) is 12.6 Å². The number of hydrogen-bond donors (Lipinski definition) is 0. The average Bonchev–Trinajstić information content (AvgIpc) is 3.15. The molecule has 59 heavy (non-hydrogen) atoms. The lowest BCUT2D eigenvalue weighted by molar-refractivity contribution is -0.000191. The standard InChI is InChI=1S/C18H16B40O/c1-2-13-59-18(16(5-3-7-47(53(31)32)57(41-21)55(35)36)6-4-8-48(54(33)34)58(42-22)56(37)38)17(14-43(49(23)24)9-11-45(39-19)51(27)28)15-44(50(25)26)10-12-46(40-20)52(29)30/h2,16-18H,1,5-6,13-15H2. The quantitative estimate of drug-likeness (QED) is 0.0530. The van der Waals surface area contributed by atoms with Gasteiger partial charge < -0.3 is 4.74 Å². The minimum absolute atomic E-state index is 0.0953. The van der Waals surface area contributed by atoms with Gasteiger partial charge in [0.2, 0.25) is 0 Å². The summed E-state index contributed by atoms with van der Waals surface area (Å²) in [5, 5.41) is 0. The Hall–Kier alpha value is 0.537. The normalized spacial score (nSPS) is 9.86. The van der Waals surface area contributed by atoms with E-state index in [1.807, 2.05) is 0 Å². The van der Waals surface area contributed by atoms with Crippen LogP contribution in [0.5, 0.6) is 0 Å². The third kappa shape index (κ3) is 22.8. The SMILES string of the molecule is [B][B]B(C#CB(CC(CB(C#CB([B][B])B([B])[B])B([B])[B])C(OCC=C)C(CC#CB(B([B])[B])B([B][B])B([B])[B])CC#CB(B([B])[B])B([B][B])B([B])[B])B([B])[B])B([B])[B]. The molecule has 0 aliphatic heterocycles. The van der Waals surface area contributed by atoms with Crippen LogP contribution in [0.25, 0.3) is 0 Å². The Morgan fingerprint density at radius 3 is 1.08 bits per heavy atom. The van der Waals surface area contributed by atoms with Gasteiger partial charge in [-0.25, -0.2) is 0 Å². The van der Waals surface area contributed by atoms with Crippen molar-refractivity contribution in [2.75, 3.05) is 6.61 Å². The minimum Gasteiger partial charge on any atom is -0.374 e. The van der Waals surface area contributed by atoms with Crippen LogP contribution in [-0.2, 0) is 4.74 Å². The molecule has 0 fully saturated rings. The Morgan fingerprint density at radius 1 is 0.458 bits per heavy atom. The molecular formula is C18H16B40O. The van der Waals surface area contributed by atoms with Crippen LogP contribution in [0.3, 0.4) is 0 Å². The third-order valence-electron chi connectivity index (χ3n) is 9.75. The van der Waals surface area contributed by atoms with Crippen LogP contribution in [-0.4, -0.2) is 299 Å². The number of hydrogen-bond acceptors (Lipinski definition) is 1. The fraction of sp³-hybridized carbons (Fsp3) is 0.444. The molecule has 0 saturated carbocycles. The van der Waals surface area contributed by atoms with Crippen LogP contribution in [0, 0.1) is 58.6 Å². The van der Waals surface area contributed by atoms with E-state index in [-0.39, 0.29) is 32.1 Å². The molecule has 0 aromatic heterocycles. The van der Waals surface area contributed by atoms with Crippen molar-refractivity contribution in [3.05, 3.63) is 12.7 Å². The predicted molar refractivity (Wildman–Crippen MR) is 307 cm³/mol. The van der Waals surface area contributed by atoms with Gasteiger partial charge in [-0.2, -0.15) is 34.9 Å². The first-order chi connectivity index (χ1) is 27.7. The summed E-state index contributed by atoms with van der Waals surface area (Å²) in [6, 6.07) is 0. The minimum atomic E-state index is -0.952. The van der Waals surface area contributed by atoms with Crippen LogP contribution in [0.15, 0.2) is 12.7 Å². The molecule has 1 nitrogen and oxygen atoms in total. The van der Waals surface area contributed by atoms with Gasteiger partial charge in [0, 0.05) is 266 Å². The van der Waals surface area contributed by atoms with Gasteiger partial charge in [-0.3, -0.25) is 0 Å². The van der Waals surface area contributed by atoms with Crippen molar-refractivity contribution in [3.63, 3.8) is 0 Å². The topological polar surface area (TPSA) is 9.23 Å². The Morgan fingerprint density at radius 2 is 0.831 bits per heavy atom. The number of rotatable bonds is 25. The lowest BCUT2D eigenvalue weighted by Gasteiger charge is -2.35. The predicted octanol–water partition coefficient (Wildman–Crippen LogP) is -12.7. The molecule has 0 aromatic rings. The highest BCUT2D eigenvalue weighted by Gasteiger charge is 2.37. The highest BCUT2D eigenvalue weighted by atomic mass is 16.5. The molecule has 0 heterocycles. The molecule has 0 aliphatic rings. The van der Waals surface area contributed by atoms with Crippen molar-refractivity contribution in [1.29, 1.82) is 0 Å². The fourth-order valence-corrected chi connectivity index (χ4v) is 6.22. The van der Waals surface area contributed by atoms with Crippen LogP contribution in [0.4, 0.5) is 0 Å². The van der Waals surface area contributed by atoms with Crippen molar-refractivity contribution < 1.29 is 4.74 Å². The molecule has 214 valence electrons. The summed E-state index contributed by atoms with van der Waals surface area (Å²) in [7, 11) is 126. The van der Waals surface area contributed by atoms with Crippen molar-refractivity contribution in [3.8, 4) is 46.8 Å². The van der Waals surface area contributed by atoms with Gasteiger partial charge in [0.1, 0.15) is 26.0 Å². The lowest BCUT2D eigenvalue weighted by Crippen LogP contribution is -2.61. The molecule has 0 bridgehead atoms. The summed E-state index contributed by atoms with van der Waals surface area (Å²) in [5.41, 5.74) is 0. The van der Waals surface area contributed by atoms with Crippen molar-refractivity contribution in [2.24, 2.45) is 11.8 Å². The molecule has 0 aromatic carbocycles. The molecule has 41 heteroatoms. The zero-order valence-electron chi connectivity index (χ0n) is 34.1. The van der Waals surface area contributed by atoms with Crippen molar-refractivity contribution >= 4 is 286 Å². The van der Waals surface area contributed by atoms with Crippen LogP contribution in [0.1, 0.15) is 12.8 Å². The average molecular weight is 681 g/mol. The summed E-state index contributed by atoms with van der Waals surface area (Å²) >= 11 is 0. The van der Waals surface area contributed by atoms with Gasteiger partial charge >= 0.3 is 0 Å². The second kappa shape index (κ2) is 33.1. The van der Waals surface area contributed by atoms with Gasteiger partial charge in [0.05, 0.1) is 12.7 Å². The highest BCUT2D eigenvalue weighted by molar-refractivity contribution is 7.97. The maximum atomic E-state index is 6.59. The molecule has 0 saturated heterocycles. The molecule has 0 spiro atoms. The Balaban J connectivity index is 7.96. The van der Waals surface area contributed by atoms with Gasteiger partial charge in [-0.15, -0.1) is 18.4 Å². The second-order valence-corrected chi connectivity index (χ2v) is 14.6. The van der Waals surface area contributed by atoms with Gasteiger partial charge in [-0.05, 0) is 5.92 Å². The summed E-state index contributed by atoms with van der Waals surface area (Å²) in [6.07, 6.45) is -6.95. The van der Waals surface area contributed by atoms with Crippen LogP contribution < -0.4 is 0 Å². The number of ether oxygens (including phenoxy) is 1. The van der Waals surface area contributed by atoms with Crippen LogP contribution >= 0.6 is 0 Å². The fourth-order valence-electron chi connectivity index (χ4n) is 6.22. The van der Waals surface area contributed by atoms with Gasteiger partial charge in [0.25, 0.3) is 0 Å². The smallest absolute Gasteiger partial charge is 0.178 e. The van der Waals surface area contributed by atoms with E-state index in [0.29, 0.717) is 0 Å². The highest BCUT2D eigenvalue weighted by Crippen LogP contribution is 2.31. The van der Waals surface area contributed by atoms with E-state index in [4.69, 9.17) is 159 Å². The largest absolute Gasteiger partial charge is 0.374 e. The zero-order chi connectivity index (χ0) is 45.4. The lowest BCUT2D eigenvalue weighted by atomic mass is 8.60. The summed E-state index contributed by atoms with van der Waals surface area (Å²) in [4.78, 5) is 0. The summed E-state index contributed by atoms with van der Waals surface area (Å²) < 4.78 is 6.59. The van der Waals surface area contributed by atoms with Crippen molar-refractivity contribution in [1.82, 2.24) is 0 Å². The third-order valence-corrected chi connectivity index (χ3v) is 9.75.